The van der Waals surface area contributed by atoms with Gasteiger partial charge in [0.05, 0.1) is 34.3 Å². The SMILES string of the molecule is CC(C)(C)c1cc2ncc1Oc1ccccc1N1CN(c3cc(cc(C(C)(C)c4ccccc4)c3)Oc3ccc4c5ccccc5n-2c4c3)c2ccccc21. The molecule has 6 aromatic carbocycles. The number of benzene rings is 6. The first kappa shape index (κ1) is 33.1. The van der Waals surface area contributed by atoms with Crippen LogP contribution in [0.5, 0.6) is 23.0 Å². The first-order valence-corrected chi connectivity index (χ1v) is 19.0. The zero-order valence-corrected chi connectivity index (χ0v) is 31.7. The fourth-order valence-corrected chi connectivity index (χ4v) is 8.32. The topological polar surface area (TPSA) is 42.8 Å². The summed E-state index contributed by atoms with van der Waals surface area (Å²) in [5.41, 5.74) is 9.29. The van der Waals surface area contributed by atoms with Gasteiger partial charge in [0.25, 0.3) is 0 Å². The molecular formula is C49H42N4O2. The summed E-state index contributed by atoms with van der Waals surface area (Å²) < 4.78 is 16.2. The molecule has 8 aromatic rings. The average molecular weight is 719 g/mol. The van der Waals surface area contributed by atoms with Gasteiger partial charge < -0.3 is 19.3 Å². The van der Waals surface area contributed by atoms with E-state index in [4.69, 9.17) is 14.5 Å². The lowest BCUT2D eigenvalue weighted by molar-refractivity contribution is 0.453. The van der Waals surface area contributed by atoms with Crippen molar-refractivity contribution in [3.8, 4) is 28.8 Å². The number of anilines is 4. The van der Waals surface area contributed by atoms with E-state index in [1.165, 1.54) is 5.56 Å². The van der Waals surface area contributed by atoms with Crippen molar-refractivity contribution in [2.45, 2.75) is 45.4 Å². The summed E-state index contributed by atoms with van der Waals surface area (Å²) in [6, 6.07) is 51.5. The summed E-state index contributed by atoms with van der Waals surface area (Å²) >= 11 is 0. The number of ether oxygens (including phenoxy) is 2. The van der Waals surface area contributed by atoms with Gasteiger partial charge in [0.15, 0.2) is 5.75 Å². The van der Waals surface area contributed by atoms with Crippen molar-refractivity contribution in [1.29, 1.82) is 0 Å². The van der Waals surface area contributed by atoms with Crippen LogP contribution in [-0.2, 0) is 10.8 Å². The Kier molecular flexibility index (Phi) is 7.37. The van der Waals surface area contributed by atoms with E-state index in [1.54, 1.807) is 0 Å². The van der Waals surface area contributed by atoms with Crippen LogP contribution in [0.25, 0.3) is 27.6 Å². The largest absolute Gasteiger partial charge is 0.457 e. The van der Waals surface area contributed by atoms with Crippen LogP contribution in [-0.4, -0.2) is 16.2 Å². The summed E-state index contributed by atoms with van der Waals surface area (Å²) in [4.78, 5) is 9.84. The number of nitrogens with zero attached hydrogens (tertiary/aromatic N) is 4. The van der Waals surface area contributed by atoms with Gasteiger partial charge in [-0.05, 0) is 77.2 Å². The number of hydrogen-bond donors (Lipinski definition) is 0. The molecule has 0 spiro atoms. The Morgan fingerprint density at radius 2 is 1.22 bits per heavy atom. The van der Waals surface area contributed by atoms with Gasteiger partial charge in [-0.1, -0.05) is 107 Å². The van der Waals surface area contributed by atoms with E-state index in [0.717, 1.165) is 84.5 Å². The molecule has 3 aliphatic rings. The lowest BCUT2D eigenvalue weighted by Crippen LogP contribution is -2.25. The molecule has 0 fully saturated rings. The molecule has 0 saturated heterocycles. The van der Waals surface area contributed by atoms with Crippen molar-refractivity contribution in [2.24, 2.45) is 0 Å². The Balaban J connectivity index is 1.26. The van der Waals surface area contributed by atoms with E-state index in [-0.39, 0.29) is 10.8 Å². The molecule has 11 rings (SSSR count). The van der Waals surface area contributed by atoms with E-state index in [9.17, 15) is 0 Å². The van der Waals surface area contributed by atoms with Crippen LogP contribution in [0.4, 0.5) is 22.7 Å². The minimum absolute atomic E-state index is 0.235. The minimum Gasteiger partial charge on any atom is -0.457 e. The van der Waals surface area contributed by atoms with E-state index < -0.39 is 0 Å². The third-order valence-electron chi connectivity index (χ3n) is 11.3. The minimum atomic E-state index is -0.301. The first-order chi connectivity index (χ1) is 26.6. The standard InChI is InChI=1S/C49H42N4O2/c1-48(2,3)39-29-47-50-30-46(39)55-45-22-14-13-21-43(45)52-31-51(41-19-11-12-20-42(41)52)34-25-33(49(4,5)32-15-7-6-8-16-32)26-36(27-34)54-35-23-24-38-37-17-9-10-18-40(37)53(47)44(38)28-35/h6-30H,31H2,1-5H3. The highest BCUT2D eigenvalue weighted by atomic mass is 16.5. The molecule has 0 N–H and O–H groups in total. The lowest BCUT2D eigenvalue weighted by Gasteiger charge is -2.29. The van der Waals surface area contributed by atoms with Crippen molar-refractivity contribution < 1.29 is 9.47 Å². The quantitative estimate of drug-likeness (QED) is 0.178. The summed E-state index contributed by atoms with van der Waals surface area (Å²) in [7, 11) is 0. The number of rotatable bonds is 2. The third kappa shape index (κ3) is 5.43. The van der Waals surface area contributed by atoms with Crippen LogP contribution >= 0.6 is 0 Å². The Bertz CT molecular complexity index is 2780. The maximum Gasteiger partial charge on any atom is 0.151 e. The van der Waals surface area contributed by atoms with Crippen LogP contribution in [0.15, 0.2) is 152 Å². The summed E-state index contributed by atoms with van der Waals surface area (Å²) in [5.74, 6) is 3.86. The average Bonchev–Trinajstić information content (AvgIpc) is 3.74. The zero-order chi connectivity index (χ0) is 37.5. The maximum atomic E-state index is 6.97. The van der Waals surface area contributed by atoms with Crippen LogP contribution in [0, 0.1) is 0 Å². The second kappa shape index (κ2) is 12.3. The normalized spacial score (nSPS) is 13.7. The van der Waals surface area contributed by atoms with Crippen molar-refractivity contribution >= 4 is 44.6 Å². The van der Waals surface area contributed by atoms with Gasteiger partial charge >= 0.3 is 0 Å². The smallest absolute Gasteiger partial charge is 0.151 e. The molecule has 6 heteroatoms. The van der Waals surface area contributed by atoms with Gasteiger partial charge in [0.2, 0.25) is 0 Å². The van der Waals surface area contributed by atoms with Crippen molar-refractivity contribution in [3.05, 3.63) is 168 Å². The Hall–Kier alpha value is -6.53. The summed E-state index contributed by atoms with van der Waals surface area (Å²) in [6.45, 7) is 11.8. The highest BCUT2D eigenvalue weighted by Crippen LogP contribution is 2.50. The van der Waals surface area contributed by atoms with E-state index in [2.05, 4.69) is 189 Å². The van der Waals surface area contributed by atoms with Crippen molar-refractivity contribution in [3.63, 3.8) is 0 Å². The van der Waals surface area contributed by atoms with Gasteiger partial charge in [-0.25, -0.2) is 4.98 Å². The number of pyridine rings is 1. The van der Waals surface area contributed by atoms with Crippen molar-refractivity contribution in [1.82, 2.24) is 9.55 Å². The van der Waals surface area contributed by atoms with Gasteiger partial charge in [-0.2, -0.15) is 0 Å². The van der Waals surface area contributed by atoms with Gasteiger partial charge in [0.1, 0.15) is 29.7 Å². The molecule has 0 atom stereocenters. The Morgan fingerprint density at radius 3 is 2.02 bits per heavy atom. The molecule has 0 radical (unpaired) electrons. The molecule has 2 aromatic heterocycles. The van der Waals surface area contributed by atoms with Crippen LogP contribution in [0.2, 0.25) is 0 Å². The molecule has 55 heavy (non-hydrogen) atoms. The fraction of sp³-hybridized carbons (Fsp3) is 0.163. The monoisotopic (exact) mass is 718 g/mol. The van der Waals surface area contributed by atoms with Gasteiger partial charge in [0, 0.05) is 39.6 Å². The Labute approximate surface area is 321 Å². The first-order valence-electron chi connectivity index (χ1n) is 19.0. The second-order valence-electron chi connectivity index (χ2n) is 16.2. The molecule has 5 heterocycles. The third-order valence-corrected chi connectivity index (χ3v) is 11.3. The molecule has 6 nitrogen and oxygen atoms in total. The number of aromatic nitrogens is 2. The second-order valence-corrected chi connectivity index (χ2v) is 16.2. The van der Waals surface area contributed by atoms with E-state index >= 15 is 0 Å². The fourth-order valence-electron chi connectivity index (χ4n) is 8.32. The van der Waals surface area contributed by atoms with Gasteiger partial charge in [-0.3, -0.25) is 4.57 Å². The predicted octanol–water partition coefficient (Wildman–Crippen LogP) is 12.9. The number of fused-ring (bicyclic) bond motifs is 5. The van der Waals surface area contributed by atoms with Gasteiger partial charge in [-0.15, -0.1) is 0 Å². The van der Waals surface area contributed by atoms with Crippen LogP contribution in [0.1, 0.15) is 51.3 Å². The zero-order valence-electron chi connectivity index (χ0n) is 31.7. The molecular weight excluding hydrogens is 677 g/mol. The molecule has 8 bridgehead atoms. The summed E-state index contributed by atoms with van der Waals surface area (Å²) in [5, 5.41) is 2.30. The molecule has 0 saturated carbocycles. The number of hydrogen-bond acceptors (Lipinski definition) is 5. The predicted molar refractivity (Wildman–Crippen MR) is 224 cm³/mol. The summed E-state index contributed by atoms with van der Waals surface area (Å²) in [6.07, 6.45) is 1.89. The van der Waals surface area contributed by atoms with E-state index in [0.29, 0.717) is 6.67 Å². The Morgan fingerprint density at radius 1 is 0.527 bits per heavy atom. The highest BCUT2D eigenvalue weighted by molar-refractivity contribution is 6.09. The van der Waals surface area contributed by atoms with E-state index in [1.807, 2.05) is 12.3 Å². The molecule has 270 valence electrons. The molecule has 0 aliphatic carbocycles. The molecule has 3 aliphatic heterocycles. The van der Waals surface area contributed by atoms with Crippen LogP contribution < -0.4 is 19.3 Å². The molecule has 0 amide bonds. The highest BCUT2D eigenvalue weighted by Gasteiger charge is 2.33. The number of para-hydroxylation sites is 5. The van der Waals surface area contributed by atoms with Crippen LogP contribution in [0.3, 0.4) is 0 Å². The van der Waals surface area contributed by atoms with Crippen molar-refractivity contribution in [2.75, 3.05) is 16.5 Å². The maximum absolute atomic E-state index is 6.97. The molecule has 0 unspecified atom stereocenters. The lowest BCUT2D eigenvalue weighted by atomic mass is 9.78.